The number of rotatable bonds is 3. The van der Waals surface area contributed by atoms with Crippen LogP contribution in [0.5, 0.6) is 5.75 Å². The van der Waals surface area contributed by atoms with E-state index >= 15 is 0 Å². The molecule has 1 aromatic carbocycles. The number of methoxy groups -OCH3 is 1. The van der Waals surface area contributed by atoms with Crippen LogP contribution in [0.15, 0.2) is 36.5 Å². The van der Waals surface area contributed by atoms with Crippen molar-refractivity contribution < 1.29 is 14.3 Å². The third-order valence-electron chi connectivity index (χ3n) is 2.68. The SMILES string of the molecule is COC(=O)/C=C/NC1CCOc2ccccc21. The second kappa shape index (κ2) is 5.39. The fourth-order valence-corrected chi connectivity index (χ4v) is 1.82. The fourth-order valence-electron chi connectivity index (χ4n) is 1.82. The van der Waals surface area contributed by atoms with Gasteiger partial charge < -0.3 is 14.8 Å². The highest BCUT2D eigenvalue weighted by Gasteiger charge is 2.19. The average molecular weight is 233 g/mol. The van der Waals surface area contributed by atoms with Crippen LogP contribution in [0.3, 0.4) is 0 Å². The summed E-state index contributed by atoms with van der Waals surface area (Å²) in [5.74, 6) is 0.542. The van der Waals surface area contributed by atoms with Crippen molar-refractivity contribution >= 4 is 5.97 Å². The van der Waals surface area contributed by atoms with E-state index in [1.807, 2.05) is 24.3 Å². The second-order valence-electron chi connectivity index (χ2n) is 3.75. The summed E-state index contributed by atoms with van der Waals surface area (Å²) < 4.78 is 10.1. The number of hydrogen-bond donors (Lipinski definition) is 1. The van der Waals surface area contributed by atoms with Crippen molar-refractivity contribution in [1.29, 1.82) is 0 Å². The molecule has 0 radical (unpaired) electrons. The lowest BCUT2D eigenvalue weighted by Crippen LogP contribution is -2.23. The number of para-hydroxylation sites is 1. The van der Waals surface area contributed by atoms with Crippen LogP contribution in [0, 0.1) is 0 Å². The van der Waals surface area contributed by atoms with E-state index in [0.717, 1.165) is 17.7 Å². The van der Waals surface area contributed by atoms with E-state index in [9.17, 15) is 4.79 Å². The molecule has 1 N–H and O–H groups in total. The fraction of sp³-hybridized carbons (Fsp3) is 0.308. The molecule has 0 spiro atoms. The first-order chi connectivity index (χ1) is 8.31. The lowest BCUT2D eigenvalue weighted by atomic mass is 10.0. The topological polar surface area (TPSA) is 47.6 Å². The summed E-state index contributed by atoms with van der Waals surface area (Å²) in [7, 11) is 1.36. The molecule has 1 atom stereocenters. The first-order valence-corrected chi connectivity index (χ1v) is 5.53. The smallest absolute Gasteiger partial charge is 0.331 e. The zero-order valence-electron chi connectivity index (χ0n) is 9.68. The lowest BCUT2D eigenvalue weighted by molar-refractivity contribution is -0.134. The van der Waals surface area contributed by atoms with Gasteiger partial charge in [-0.15, -0.1) is 0 Å². The van der Waals surface area contributed by atoms with Crippen molar-refractivity contribution in [3.63, 3.8) is 0 Å². The quantitative estimate of drug-likeness (QED) is 0.638. The van der Waals surface area contributed by atoms with E-state index in [4.69, 9.17) is 4.74 Å². The van der Waals surface area contributed by atoms with Crippen LogP contribution >= 0.6 is 0 Å². The molecule has 1 aromatic rings. The Morgan fingerprint density at radius 2 is 2.35 bits per heavy atom. The molecule has 0 amide bonds. The minimum atomic E-state index is -0.363. The largest absolute Gasteiger partial charge is 0.493 e. The molecule has 0 aromatic heterocycles. The van der Waals surface area contributed by atoms with Gasteiger partial charge in [0.15, 0.2) is 0 Å². The van der Waals surface area contributed by atoms with Crippen molar-refractivity contribution in [3.05, 3.63) is 42.1 Å². The summed E-state index contributed by atoms with van der Waals surface area (Å²) in [6.45, 7) is 0.681. The van der Waals surface area contributed by atoms with Gasteiger partial charge in [0.05, 0.1) is 19.8 Å². The number of hydrogen-bond acceptors (Lipinski definition) is 4. The highest BCUT2D eigenvalue weighted by Crippen LogP contribution is 2.31. The van der Waals surface area contributed by atoms with Crippen molar-refractivity contribution in [2.45, 2.75) is 12.5 Å². The summed E-state index contributed by atoms with van der Waals surface area (Å²) >= 11 is 0. The standard InChI is InChI=1S/C13H15NO3/c1-16-13(15)6-8-14-11-7-9-17-12-5-3-2-4-10(11)12/h2-6,8,11,14H,7,9H2,1H3/b8-6+. The number of nitrogens with one attached hydrogen (secondary N) is 1. The number of carbonyl (C=O) groups is 1. The summed E-state index contributed by atoms with van der Waals surface area (Å²) in [6.07, 6.45) is 3.87. The van der Waals surface area contributed by atoms with E-state index in [2.05, 4.69) is 10.1 Å². The van der Waals surface area contributed by atoms with E-state index < -0.39 is 0 Å². The zero-order valence-corrected chi connectivity index (χ0v) is 9.68. The molecular weight excluding hydrogens is 218 g/mol. The number of ether oxygens (including phenoxy) is 2. The van der Waals surface area contributed by atoms with Gasteiger partial charge in [-0.25, -0.2) is 4.79 Å². The van der Waals surface area contributed by atoms with Crippen molar-refractivity contribution in [2.75, 3.05) is 13.7 Å². The lowest BCUT2D eigenvalue weighted by Gasteiger charge is -2.25. The molecule has 0 fully saturated rings. The predicted octanol–water partition coefficient (Wildman–Crippen LogP) is 1.79. The van der Waals surface area contributed by atoms with Gasteiger partial charge in [-0.05, 0) is 6.07 Å². The maximum absolute atomic E-state index is 10.9. The number of benzene rings is 1. The highest BCUT2D eigenvalue weighted by molar-refractivity contribution is 5.81. The summed E-state index contributed by atoms with van der Waals surface area (Å²) in [5.41, 5.74) is 1.12. The van der Waals surface area contributed by atoms with Gasteiger partial charge >= 0.3 is 5.97 Å². The Balaban J connectivity index is 2.04. The normalized spacial score (nSPS) is 18.3. The Labute approximate surface area is 100 Å². The van der Waals surface area contributed by atoms with Crippen LogP contribution in [-0.2, 0) is 9.53 Å². The number of esters is 1. The molecule has 1 unspecified atom stereocenters. The zero-order chi connectivity index (χ0) is 12.1. The van der Waals surface area contributed by atoms with Gasteiger partial charge in [-0.1, -0.05) is 18.2 Å². The highest BCUT2D eigenvalue weighted by atomic mass is 16.5. The van der Waals surface area contributed by atoms with E-state index in [-0.39, 0.29) is 12.0 Å². The molecular formula is C13H15NO3. The Kier molecular flexibility index (Phi) is 3.65. The molecule has 17 heavy (non-hydrogen) atoms. The molecule has 0 saturated heterocycles. The van der Waals surface area contributed by atoms with Gasteiger partial charge in [0.25, 0.3) is 0 Å². The third-order valence-corrected chi connectivity index (χ3v) is 2.68. The molecule has 1 aliphatic rings. The Morgan fingerprint density at radius 3 is 3.18 bits per heavy atom. The third kappa shape index (κ3) is 2.78. The molecule has 4 heteroatoms. The molecule has 1 heterocycles. The van der Waals surface area contributed by atoms with Gasteiger partial charge in [0, 0.05) is 24.3 Å². The van der Waals surface area contributed by atoms with Gasteiger partial charge in [0.1, 0.15) is 5.75 Å². The van der Waals surface area contributed by atoms with Crippen LogP contribution in [0.1, 0.15) is 18.0 Å². The molecule has 2 rings (SSSR count). The number of fused-ring (bicyclic) bond motifs is 1. The van der Waals surface area contributed by atoms with Crippen LogP contribution in [0.25, 0.3) is 0 Å². The minimum Gasteiger partial charge on any atom is -0.493 e. The van der Waals surface area contributed by atoms with Crippen LogP contribution in [0.2, 0.25) is 0 Å². The van der Waals surface area contributed by atoms with Crippen LogP contribution < -0.4 is 10.1 Å². The van der Waals surface area contributed by atoms with E-state index in [1.54, 1.807) is 6.20 Å². The van der Waals surface area contributed by atoms with Crippen molar-refractivity contribution in [2.24, 2.45) is 0 Å². The molecule has 4 nitrogen and oxygen atoms in total. The first kappa shape index (κ1) is 11.5. The van der Waals surface area contributed by atoms with Gasteiger partial charge in [-0.3, -0.25) is 0 Å². The van der Waals surface area contributed by atoms with Gasteiger partial charge in [0.2, 0.25) is 0 Å². The second-order valence-corrected chi connectivity index (χ2v) is 3.75. The maximum Gasteiger partial charge on any atom is 0.331 e. The summed E-state index contributed by atoms with van der Waals surface area (Å²) in [6, 6.07) is 8.09. The maximum atomic E-state index is 10.9. The molecule has 90 valence electrons. The van der Waals surface area contributed by atoms with E-state index in [0.29, 0.717) is 6.61 Å². The Morgan fingerprint density at radius 1 is 1.53 bits per heavy atom. The Hall–Kier alpha value is -1.97. The van der Waals surface area contributed by atoms with Crippen molar-refractivity contribution in [1.82, 2.24) is 5.32 Å². The van der Waals surface area contributed by atoms with Crippen LogP contribution in [0.4, 0.5) is 0 Å². The first-order valence-electron chi connectivity index (χ1n) is 5.53. The Bertz CT molecular complexity index is 428. The number of carbonyl (C=O) groups excluding carboxylic acids is 1. The summed E-state index contributed by atoms with van der Waals surface area (Å²) in [5, 5.41) is 3.18. The van der Waals surface area contributed by atoms with Crippen LogP contribution in [-0.4, -0.2) is 19.7 Å². The van der Waals surface area contributed by atoms with Gasteiger partial charge in [-0.2, -0.15) is 0 Å². The van der Waals surface area contributed by atoms with Crippen molar-refractivity contribution in [3.8, 4) is 5.75 Å². The molecule has 0 saturated carbocycles. The van der Waals surface area contributed by atoms with E-state index in [1.165, 1.54) is 13.2 Å². The molecule has 1 aliphatic heterocycles. The molecule has 0 bridgehead atoms. The predicted molar refractivity (Wildman–Crippen MR) is 63.6 cm³/mol. The monoisotopic (exact) mass is 233 g/mol. The summed E-state index contributed by atoms with van der Waals surface area (Å²) in [4.78, 5) is 10.9. The molecule has 0 aliphatic carbocycles. The average Bonchev–Trinajstić information content (AvgIpc) is 2.39. The minimum absolute atomic E-state index is 0.181.